The van der Waals surface area contributed by atoms with Gasteiger partial charge in [-0.1, -0.05) is 0 Å². The standard InChI is InChI=1S/C5H12NO4P.Na/c1-11(9,10)4-2-3-5(7)6-8;/h8H,2-4H2,1H3,(H,6,7)(H,9,10);/q;+1/p-1. The van der Waals surface area contributed by atoms with E-state index in [1.807, 2.05) is 0 Å². The van der Waals surface area contributed by atoms with Gasteiger partial charge in [-0.3, -0.25) is 10.0 Å². The third-order valence-electron chi connectivity index (χ3n) is 1.09. The molecular weight excluding hydrogens is 192 g/mol. The summed E-state index contributed by atoms with van der Waals surface area (Å²) in [4.78, 5) is 20.9. The summed E-state index contributed by atoms with van der Waals surface area (Å²) in [7, 11) is -3.24. The second kappa shape index (κ2) is 7.06. The maximum Gasteiger partial charge on any atom is 1.00 e. The molecule has 0 aliphatic carbocycles. The van der Waals surface area contributed by atoms with E-state index < -0.39 is 13.3 Å². The van der Waals surface area contributed by atoms with Crippen LogP contribution in [-0.2, 0) is 9.36 Å². The monoisotopic (exact) mass is 203 g/mol. The van der Waals surface area contributed by atoms with E-state index in [1.165, 1.54) is 5.48 Å². The van der Waals surface area contributed by atoms with Gasteiger partial charge in [-0.05, 0) is 19.2 Å². The van der Waals surface area contributed by atoms with Gasteiger partial charge < -0.3 is 9.46 Å². The second-order valence-electron chi connectivity index (χ2n) is 2.38. The first-order chi connectivity index (χ1) is 4.95. The molecular formula is C5H11NNaO4P. The number of carbonyl (C=O) groups excluding carboxylic acids is 1. The molecule has 0 aliphatic rings. The minimum Gasteiger partial charge on any atom is -0.799 e. The molecule has 0 saturated carbocycles. The summed E-state index contributed by atoms with van der Waals surface area (Å²) in [5.41, 5.74) is 1.42. The third-order valence-corrected chi connectivity index (χ3v) is 2.22. The van der Waals surface area contributed by atoms with Crippen molar-refractivity contribution >= 4 is 13.3 Å². The molecule has 0 aromatic rings. The molecule has 0 saturated heterocycles. The zero-order chi connectivity index (χ0) is 8.91. The summed E-state index contributed by atoms with van der Waals surface area (Å²) in [6, 6.07) is 0. The van der Waals surface area contributed by atoms with Crippen molar-refractivity contribution in [3.05, 3.63) is 0 Å². The Hall–Kier alpha value is 0.620. The number of carbonyl (C=O) groups is 1. The summed E-state index contributed by atoms with van der Waals surface area (Å²) >= 11 is 0. The van der Waals surface area contributed by atoms with Gasteiger partial charge in [0.1, 0.15) is 0 Å². The maximum atomic E-state index is 10.5. The van der Waals surface area contributed by atoms with Crippen LogP contribution in [0, 0.1) is 0 Å². The maximum absolute atomic E-state index is 10.5. The van der Waals surface area contributed by atoms with Crippen molar-refractivity contribution < 1.29 is 49.0 Å². The van der Waals surface area contributed by atoms with Crippen molar-refractivity contribution in [1.29, 1.82) is 0 Å². The van der Waals surface area contributed by atoms with E-state index in [-0.39, 0.29) is 48.6 Å². The van der Waals surface area contributed by atoms with Crippen LogP contribution in [0.2, 0.25) is 0 Å². The molecule has 5 nitrogen and oxygen atoms in total. The van der Waals surface area contributed by atoms with E-state index in [4.69, 9.17) is 5.21 Å². The number of hydrogen-bond donors (Lipinski definition) is 2. The van der Waals surface area contributed by atoms with Crippen molar-refractivity contribution in [1.82, 2.24) is 5.48 Å². The molecule has 1 atom stereocenters. The minimum atomic E-state index is -3.24. The van der Waals surface area contributed by atoms with E-state index in [0.717, 1.165) is 6.66 Å². The van der Waals surface area contributed by atoms with Crippen LogP contribution in [0.15, 0.2) is 0 Å². The fraction of sp³-hybridized carbons (Fsp3) is 0.800. The van der Waals surface area contributed by atoms with Crippen molar-refractivity contribution in [2.75, 3.05) is 12.8 Å². The molecule has 0 aliphatic heterocycles. The van der Waals surface area contributed by atoms with Crippen LogP contribution in [0.4, 0.5) is 0 Å². The van der Waals surface area contributed by atoms with E-state index in [1.54, 1.807) is 0 Å². The first kappa shape index (κ1) is 15.1. The molecule has 0 bridgehead atoms. The summed E-state index contributed by atoms with van der Waals surface area (Å²) in [6.45, 7) is 1.13. The van der Waals surface area contributed by atoms with Crippen molar-refractivity contribution in [2.24, 2.45) is 0 Å². The predicted molar refractivity (Wildman–Crippen MR) is 37.6 cm³/mol. The van der Waals surface area contributed by atoms with Gasteiger partial charge in [-0.2, -0.15) is 0 Å². The summed E-state index contributed by atoms with van der Waals surface area (Å²) < 4.78 is 10.5. The molecule has 1 amide bonds. The van der Waals surface area contributed by atoms with Gasteiger partial charge in [0.25, 0.3) is 0 Å². The SMILES string of the molecule is CP(=O)([O-])CCCC(=O)NO.[Na+]. The van der Waals surface area contributed by atoms with E-state index in [2.05, 4.69) is 0 Å². The number of hydroxylamine groups is 1. The first-order valence-corrected chi connectivity index (χ1v) is 5.42. The van der Waals surface area contributed by atoms with Gasteiger partial charge in [-0.15, -0.1) is 0 Å². The zero-order valence-corrected chi connectivity index (χ0v) is 10.1. The van der Waals surface area contributed by atoms with Crippen LogP contribution >= 0.6 is 7.37 Å². The molecule has 2 N–H and O–H groups in total. The molecule has 0 aromatic carbocycles. The van der Waals surface area contributed by atoms with Crippen LogP contribution in [-0.4, -0.2) is 23.9 Å². The third kappa shape index (κ3) is 10.6. The first-order valence-electron chi connectivity index (χ1n) is 3.16. The van der Waals surface area contributed by atoms with Crippen molar-refractivity contribution in [2.45, 2.75) is 12.8 Å². The average Bonchev–Trinajstić information content (AvgIpc) is 1.85. The molecule has 0 rings (SSSR count). The quantitative estimate of drug-likeness (QED) is 0.215. The average molecular weight is 203 g/mol. The largest absolute Gasteiger partial charge is 1.00 e. The van der Waals surface area contributed by atoms with Crippen molar-refractivity contribution in [3.8, 4) is 0 Å². The Labute approximate surface area is 93.2 Å². The molecule has 0 fully saturated rings. The Morgan fingerprint density at radius 1 is 1.67 bits per heavy atom. The van der Waals surface area contributed by atoms with Crippen LogP contribution < -0.4 is 39.9 Å². The van der Waals surface area contributed by atoms with Crippen LogP contribution in [0.1, 0.15) is 12.8 Å². The Balaban J connectivity index is 0. The second-order valence-corrected chi connectivity index (χ2v) is 4.85. The van der Waals surface area contributed by atoms with Gasteiger partial charge in [0, 0.05) is 13.8 Å². The van der Waals surface area contributed by atoms with Gasteiger partial charge in [0.2, 0.25) is 5.91 Å². The van der Waals surface area contributed by atoms with Gasteiger partial charge in [-0.25, -0.2) is 5.48 Å². The van der Waals surface area contributed by atoms with Gasteiger partial charge >= 0.3 is 29.6 Å². The zero-order valence-electron chi connectivity index (χ0n) is 7.24. The molecule has 0 aromatic heterocycles. The summed E-state index contributed by atoms with van der Waals surface area (Å²) in [5.74, 6) is -0.557. The molecule has 1 unspecified atom stereocenters. The molecule has 66 valence electrons. The number of hydrogen-bond acceptors (Lipinski definition) is 4. The Kier molecular flexibility index (Phi) is 8.89. The summed E-state index contributed by atoms with van der Waals surface area (Å²) in [6.07, 6.45) is 0.292. The Bertz CT molecular complexity index is 180. The van der Waals surface area contributed by atoms with Gasteiger partial charge in [0.15, 0.2) is 0 Å². The number of amides is 1. The molecule has 0 radical (unpaired) electrons. The Morgan fingerprint density at radius 3 is 2.50 bits per heavy atom. The van der Waals surface area contributed by atoms with Crippen LogP contribution in [0.3, 0.4) is 0 Å². The topological polar surface area (TPSA) is 89.5 Å². The van der Waals surface area contributed by atoms with Gasteiger partial charge in [0.05, 0.1) is 0 Å². The molecule has 0 spiro atoms. The number of nitrogens with one attached hydrogen (secondary N) is 1. The van der Waals surface area contributed by atoms with Crippen LogP contribution in [0.25, 0.3) is 0 Å². The molecule has 0 heterocycles. The molecule has 7 heteroatoms. The van der Waals surface area contributed by atoms with E-state index >= 15 is 0 Å². The predicted octanol–water partition coefficient (Wildman–Crippen LogP) is -3.46. The fourth-order valence-corrected chi connectivity index (χ4v) is 1.32. The fourth-order valence-electron chi connectivity index (χ4n) is 0.583. The van der Waals surface area contributed by atoms with Crippen molar-refractivity contribution in [3.63, 3.8) is 0 Å². The summed E-state index contributed by atoms with van der Waals surface area (Å²) in [5, 5.41) is 8.02. The minimum absolute atomic E-state index is 0. The van der Waals surface area contributed by atoms with E-state index in [9.17, 15) is 14.3 Å². The Morgan fingerprint density at radius 2 is 2.17 bits per heavy atom. The van der Waals surface area contributed by atoms with Crippen LogP contribution in [0.5, 0.6) is 0 Å². The smallest absolute Gasteiger partial charge is 0.799 e. The number of rotatable bonds is 4. The molecule has 12 heavy (non-hydrogen) atoms. The normalized spacial score (nSPS) is 14.2. The van der Waals surface area contributed by atoms with E-state index in [0.29, 0.717) is 0 Å².